The van der Waals surface area contributed by atoms with Gasteiger partial charge in [-0.05, 0) is 81.3 Å². The maximum atomic E-state index is 12.3. The van der Waals surface area contributed by atoms with E-state index in [-0.39, 0.29) is 5.91 Å². The fourth-order valence-corrected chi connectivity index (χ4v) is 3.48. The van der Waals surface area contributed by atoms with E-state index in [0.717, 1.165) is 29.9 Å². The van der Waals surface area contributed by atoms with Crippen LogP contribution in [0.25, 0.3) is 0 Å². The van der Waals surface area contributed by atoms with Crippen LogP contribution in [0.15, 0.2) is 36.4 Å². The largest absolute Gasteiger partial charge is 0.491 e. The lowest BCUT2D eigenvalue weighted by Crippen LogP contribution is -2.38. The standard InChI is InChI=1S/C23H29NO3/c1-16-8-11-22(17(2)14-16)26-13-12-24-23(25)18(3)27-21-10-9-19-6-4-5-7-20(19)15-21/h8-11,14-15,18H,4-7,12-13H2,1-3H3,(H,24,25)/t18-/m1/s1. The minimum Gasteiger partial charge on any atom is -0.491 e. The summed E-state index contributed by atoms with van der Waals surface area (Å²) < 4.78 is 11.6. The lowest BCUT2D eigenvalue weighted by molar-refractivity contribution is -0.127. The molecule has 1 aliphatic rings. The van der Waals surface area contributed by atoms with Crippen LogP contribution in [-0.2, 0) is 17.6 Å². The Morgan fingerprint density at radius 2 is 1.85 bits per heavy atom. The third kappa shape index (κ3) is 5.25. The molecule has 2 aromatic carbocycles. The van der Waals surface area contributed by atoms with Crippen LogP contribution in [-0.4, -0.2) is 25.2 Å². The molecule has 0 radical (unpaired) electrons. The summed E-state index contributed by atoms with van der Waals surface area (Å²) in [5, 5.41) is 2.88. The van der Waals surface area contributed by atoms with Gasteiger partial charge in [0.2, 0.25) is 0 Å². The lowest BCUT2D eigenvalue weighted by atomic mass is 9.92. The molecule has 1 aliphatic carbocycles. The van der Waals surface area contributed by atoms with Crippen LogP contribution in [0, 0.1) is 13.8 Å². The maximum absolute atomic E-state index is 12.3. The minimum atomic E-state index is -0.534. The Morgan fingerprint density at radius 3 is 2.63 bits per heavy atom. The lowest BCUT2D eigenvalue weighted by Gasteiger charge is -2.19. The van der Waals surface area contributed by atoms with Gasteiger partial charge in [0.05, 0.1) is 6.54 Å². The third-order valence-corrected chi connectivity index (χ3v) is 4.99. The van der Waals surface area contributed by atoms with Crippen LogP contribution in [0.2, 0.25) is 0 Å². The number of amides is 1. The number of carbonyl (C=O) groups excluding carboxylic acids is 1. The van der Waals surface area contributed by atoms with Gasteiger partial charge in [-0.25, -0.2) is 0 Å². The first-order valence-electron chi connectivity index (χ1n) is 9.79. The molecule has 1 N–H and O–H groups in total. The number of ether oxygens (including phenoxy) is 2. The van der Waals surface area contributed by atoms with Gasteiger partial charge in [-0.3, -0.25) is 4.79 Å². The normalized spacial score (nSPS) is 14.2. The minimum absolute atomic E-state index is 0.128. The molecule has 0 fully saturated rings. The quantitative estimate of drug-likeness (QED) is 0.748. The van der Waals surface area contributed by atoms with Crippen molar-refractivity contribution in [2.45, 2.75) is 52.6 Å². The number of rotatable bonds is 7. The Bertz CT molecular complexity index is 800. The topological polar surface area (TPSA) is 47.6 Å². The van der Waals surface area contributed by atoms with Crippen molar-refractivity contribution in [1.29, 1.82) is 0 Å². The van der Waals surface area contributed by atoms with Gasteiger partial charge in [0.15, 0.2) is 6.10 Å². The first kappa shape index (κ1) is 19.3. The molecule has 2 aromatic rings. The summed E-state index contributed by atoms with van der Waals surface area (Å²) in [6.07, 6.45) is 4.20. The van der Waals surface area contributed by atoms with Crippen molar-refractivity contribution in [3.63, 3.8) is 0 Å². The molecule has 1 atom stereocenters. The summed E-state index contributed by atoms with van der Waals surface area (Å²) >= 11 is 0. The van der Waals surface area contributed by atoms with Crippen LogP contribution in [0.3, 0.4) is 0 Å². The number of aryl methyl sites for hydroxylation is 4. The van der Waals surface area contributed by atoms with Gasteiger partial charge in [-0.15, -0.1) is 0 Å². The molecule has 0 aliphatic heterocycles. The zero-order chi connectivity index (χ0) is 19.2. The number of carbonyl (C=O) groups is 1. The number of benzene rings is 2. The molecule has 1 amide bonds. The average Bonchev–Trinajstić information content (AvgIpc) is 2.66. The van der Waals surface area contributed by atoms with E-state index in [9.17, 15) is 4.79 Å². The van der Waals surface area contributed by atoms with Gasteiger partial charge < -0.3 is 14.8 Å². The summed E-state index contributed by atoms with van der Waals surface area (Å²) in [5.74, 6) is 1.50. The average molecular weight is 367 g/mol. The second-order valence-corrected chi connectivity index (χ2v) is 7.31. The zero-order valence-electron chi connectivity index (χ0n) is 16.5. The van der Waals surface area contributed by atoms with E-state index in [1.165, 1.54) is 29.5 Å². The first-order valence-corrected chi connectivity index (χ1v) is 9.79. The predicted octanol–water partition coefficient (Wildman–Crippen LogP) is 4.14. The van der Waals surface area contributed by atoms with Crippen LogP contribution >= 0.6 is 0 Å². The molecule has 3 rings (SSSR count). The van der Waals surface area contributed by atoms with Crippen LogP contribution in [0.1, 0.15) is 42.0 Å². The second kappa shape index (κ2) is 8.94. The summed E-state index contributed by atoms with van der Waals surface area (Å²) in [4.78, 5) is 12.3. The van der Waals surface area contributed by atoms with Crippen LogP contribution in [0.4, 0.5) is 0 Å². The Morgan fingerprint density at radius 1 is 1.07 bits per heavy atom. The fourth-order valence-electron chi connectivity index (χ4n) is 3.48. The molecule has 0 spiro atoms. The van der Waals surface area contributed by atoms with Crippen molar-refractivity contribution < 1.29 is 14.3 Å². The van der Waals surface area contributed by atoms with Gasteiger partial charge in [-0.1, -0.05) is 23.8 Å². The molecule has 0 bridgehead atoms. The van der Waals surface area contributed by atoms with Crippen molar-refractivity contribution >= 4 is 5.91 Å². The van der Waals surface area contributed by atoms with E-state index in [2.05, 4.69) is 30.4 Å². The van der Waals surface area contributed by atoms with E-state index in [1.807, 2.05) is 25.1 Å². The number of nitrogens with one attached hydrogen (secondary N) is 1. The summed E-state index contributed by atoms with van der Waals surface area (Å²) in [5.41, 5.74) is 5.08. The first-order chi connectivity index (χ1) is 13.0. The van der Waals surface area contributed by atoms with Gasteiger partial charge in [-0.2, -0.15) is 0 Å². The van der Waals surface area contributed by atoms with Crippen molar-refractivity contribution in [3.05, 3.63) is 58.7 Å². The molecule has 0 unspecified atom stereocenters. The molecule has 4 nitrogen and oxygen atoms in total. The predicted molar refractivity (Wildman–Crippen MR) is 108 cm³/mol. The molecule has 4 heteroatoms. The molecule has 0 aromatic heterocycles. The van der Waals surface area contributed by atoms with E-state index >= 15 is 0 Å². The van der Waals surface area contributed by atoms with E-state index < -0.39 is 6.10 Å². The summed E-state index contributed by atoms with van der Waals surface area (Å²) in [6, 6.07) is 12.3. The maximum Gasteiger partial charge on any atom is 0.260 e. The summed E-state index contributed by atoms with van der Waals surface area (Å²) in [7, 11) is 0. The van der Waals surface area contributed by atoms with Crippen molar-refractivity contribution in [1.82, 2.24) is 5.32 Å². The zero-order valence-corrected chi connectivity index (χ0v) is 16.5. The van der Waals surface area contributed by atoms with Gasteiger partial charge in [0, 0.05) is 0 Å². The van der Waals surface area contributed by atoms with Gasteiger partial charge in [0.25, 0.3) is 5.91 Å². The molecule has 144 valence electrons. The third-order valence-electron chi connectivity index (χ3n) is 4.99. The van der Waals surface area contributed by atoms with Crippen LogP contribution < -0.4 is 14.8 Å². The fraction of sp³-hybridized carbons (Fsp3) is 0.435. The highest BCUT2D eigenvalue weighted by Gasteiger charge is 2.16. The van der Waals surface area contributed by atoms with Crippen molar-refractivity contribution in [3.8, 4) is 11.5 Å². The highest BCUT2D eigenvalue weighted by molar-refractivity contribution is 5.80. The Hall–Kier alpha value is -2.49. The molecule has 0 heterocycles. The summed E-state index contributed by atoms with van der Waals surface area (Å²) in [6.45, 7) is 6.74. The molecule has 0 saturated carbocycles. The highest BCUT2D eigenvalue weighted by atomic mass is 16.5. The Kier molecular flexibility index (Phi) is 6.38. The number of fused-ring (bicyclic) bond motifs is 1. The van der Waals surface area contributed by atoms with Gasteiger partial charge >= 0.3 is 0 Å². The molecule has 27 heavy (non-hydrogen) atoms. The van der Waals surface area contributed by atoms with Gasteiger partial charge in [0.1, 0.15) is 18.1 Å². The number of hydrogen-bond donors (Lipinski definition) is 1. The Balaban J connectivity index is 1.44. The second-order valence-electron chi connectivity index (χ2n) is 7.31. The number of hydrogen-bond acceptors (Lipinski definition) is 3. The molecular formula is C23H29NO3. The van der Waals surface area contributed by atoms with Crippen molar-refractivity contribution in [2.75, 3.05) is 13.2 Å². The molecule has 0 saturated heterocycles. The van der Waals surface area contributed by atoms with E-state index in [1.54, 1.807) is 6.92 Å². The SMILES string of the molecule is Cc1ccc(OCCNC(=O)[C@@H](C)Oc2ccc3c(c2)CCCC3)c(C)c1. The Labute approximate surface area is 161 Å². The highest BCUT2D eigenvalue weighted by Crippen LogP contribution is 2.25. The monoisotopic (exact) mass is 367 g/mol. The molecular weight excluding hydrogens is 338 g/mol. The van der Waals surface area contributed by atoms with Crippen LogP contribution in [0.5, 0.6) is 11.5 Å². The van der Waals surface area contributed by atoms with E-state index in [4.69, 9.17) is 9.47 Å². The van der Waals surface area contributed by atoms with E-state index in [0.29, 0.717) is 13.2 Å². The smallest absolute Gasteiger partial charge is 0.260 e. The van der Waals surface area contributed by atoms with Crippen molar-refractivity contribution in [2.24, 2.45) is 0 Å².